The molecule has 0 bridgehead atoms. The van der Waals surface area contributed by atoms with Gasteiger partial charge in [0.05, 0.1) is 12.6 Å². The quantitative estimate of drug-likeness (QED) is 0.795. The minimum atomic E-state index is 0.444. The van der Waals surface area contributed by atoms with Gasteiger partial charge in [0.1, 0.15) is 5.01 Å². The Morgan fingerprint density at radius 2 is 2.44 bits per heavy atom. The van der Waals surface area contributed by atoms with Gasteiger partial charge in [0.25, 0.3) is 0 Å². The van der Waals surface area contributed by atoms with Crippen LogP contribution in [0.3, 0.4) is 0 Å². The zero-order valence-corrected chi connectivity index (χ0v) is 10.8. The van der Waals surface area contributed by atoms with Crippen molar-refractivity contribution in [2.24, 2.45) is 5.92 Å². The van der Waals surface area contributed by atoms with Crippen LogP contribution in [0.15, 0.2) is 11.6 Å². The van der Waals surface area contributed by atoms with Crippen LogP contribution in [-0.2, 0) is 4.74 Å². The fourth-order valence-electron chi connectivity index (χ4n) is 1.97. The van der Waals surface area contributed by atoms with E-state index >= 15 is 0 Å². The Balaban J connectivity index is 1.97. The van der Waals surface area contributed by atoms with E-state index in [2.05, 4.69) is 22.6 Å². The lowest BCUT2D eigenvalue weighted by Crippen LogP contribution is -2.36. The predicted molar refractivity (Wildman–Crippen MR) is 66.7 cm³/mol. The molecule has 90 valence electrons. The summed E-state index contributed by atoms with van der Waals surface area (Å²) in [6.45, 7) is 2.98. The molecule has 1 fully saturated rings. The van der Waals surface area contributed by atoms with Crippen molar-refractivity contribution < 1.29 is 4.74 Å². The van der Waals surface area contributed by atoms with Gasteiger partial charge in [0, 0.05) is 24.7 Å². The second-order valence-corrected chi connectivity index (χ2v) is 5.34. The smallest absolute Gasteiger partial charge is 0.110 e. The number of nitrogens with one attached hydrogen (secondary N) is 1. The summed E-state index contributed by atoms with van der Waals surface area (Å²) < 4.78 is 5.23. The third-order valence-corrected chi connectivity index (χ3v) is 3.95. The van der Waals surface area contributed by atoms with Gasteiger partial charge in [0.2, 0.25) is 0 Å². The van der Waals surface area contributed by atoms with Crippen molar-refractivity contribution in [3.63, 3.8) is 0 Å². The first-order valence-electron chi connectivity index (χ1n) is 5.99. The third kappa shape index (κ3) is 3.03. The Morgan fingerprint density at radius 1 is 1.62 bits per heavy atom. The van der Waals surface area contributed by atoms with Crippen LogP contribution >= 0.6 is 11.3 Å². The van der Waals surface area contributed by atoms with Crippen molar-refractivity contribution in [3.05, 3.63) is 16.6 Å². The van der Waals surface area contributed by atoms with E-state index in [1.165, 1.54) is 17.8 Å². The molecule has 0 unspecified atom stereocenters. The highest BCUT2D eigenvalue weighted by molar-refractivity contribution is 7.09. The fourth-order valence-corrected chi connectivity index (χ4v) is 2.76. The van der Waals surface area contributed by atoms with Crippen molar-refractivity contribution in [3.8, 4) is 0 Å². The van der Waals surface area contributed by atoms with Crippen molar-refractivity contribution in [2.45, 2.75) is 38.3 Å². The summed E-state index contributed by atoms with van der Waals surface area (Å²) in [7, 11) is 1.76. The highest BCUT2D eigenvalue weighted by atomic mass is 32.1. The number of hydrogen-bond acceptors (Lipinski definition) is 4. The van der Waals surface area contributed by atoms with Gasteiger partial charge in [-0.1, -0.05) is 6.92 Å². The van der Waals surface area contributed by atoms with Gasteiger partial charge in [0.15, 0.2) is 0 Å². The van der Waals surface area contributed by atoms with Crippen LogP contribution in [0.2, 0.25) is 0 Å². The standard InChI is InChI=1S/C12H20N2OS/c1-3-10(8-15-2)14-11(9-4-5-9)12-13-6-7-16-12/h6-7,9-11,14H,3-5,8H2,1-2H3/t10-,11+/m1/s1. The SMILES string of the molecule is CC[C@H](COC)N[C@H](c1nccs1)C1CC1. The number of aromatic nitrogens is 1. The Kier molecular flexibility index (Phi) is 4.32. The summed E-state index contributed by atoms with van der Waals surface area (Å²) in [4.78, 5) is 4.44. The fraction of sp³-hybridized carbons (Fsp3) is 0.750. The summed E-state index contributed by atoms with van der Waals surface area (Å²) in [5, 5.41) is 6.98. The van der Waals surface area contributed by atoms with E-state index in [0.29, 0.717) is 12.1 Å². The molecule has 1 heterocycles. The van der Waals surface area contributed by atoms with E-state index in [-0.39, 0.29) is 0 Å². The largest absolute Gasteiger partial charge is 0.383 e. The van der Waals surface area contributed by atoms with Crippen LogP contribution in [0, 0.1) is 5.92 Å². The summed E-state index contributed by atoms with van der Waals surface area (Å²) in [5.74, 6) is 0.789. The number of thiazole rings is 1. The van der Waals surface area contributed by atoms with Gasteiger partial charge in [-0.2, -0.15) is 0 Å². The monoisotopic (exact) mass is 240 g/mol. The number of rotatable bonds is 7. The molecular formula is C12H20N2OS. The lowest BCUT2D eigenvalue weighted by atomic mass is 10.1. The van der Waals surface area contributed by atoms with Crippen molar-refractivity contribution in [1.82, 2.24) is 10.3 Å². The molecule has 0 saturated heterocycles. The molecule has 2 rings (SSSR count). The summed E-state index contributed by atoms with van der Waals surface area (Å²) in [5.41, 5.74) is 0. The predicted octanol–water partition coefficient (Wildman–Crippen LogP) is 2.61. The molecule has 4 heteroatoms. The molecule has 0 amide bonds. The van der Waals surface area contributed by atoms with E-state index < -0.39 is 0 Å². The normalized spacial score (nSPS) is 19.6. The number of hydrogen-bond donors (Lipinski definition) is 1. The topological polar surface area (TPSA) is 34.1 Å². The molecule has 1 aromatic heterocycles. The Bertz CT molecular complexity index is 298. The highest BCUT2D eigenvalue weighted by Gasteiger charge is 2.34. The van der Waals surface area contributed by atoms with Crippen molar-refractivity contribution in [1.29, 1.82) is 0 Å². The van der Waals surface area contributed by atoms with Crippen LogP contribution < -0.4 is 5.32 Å². The van der Waals surface area contributed by atoms with Gasteiger partial charge >= 0.3 is 0 Å². The zero-order chi connectivity index (χ0) is 11.4. The first-order valence-corrected chi connectivity index (χ1v) is 6.87. The zero-order valence-electron chi connectivity index (χ0n) is 9.98. The van der Waals surface area contributed by atoms with Crippen molar-refractivity contribution >= 4 is 11.3 Å². The first kappa shape index (κ1) is 12.0. The lowest BCUT2D eigenvalue weighted by Gasteiger charge is -2.23. The molecule has 3 nitrogen and oxygen atoms in total. The molecule has 1 N–H and O–H groups in total. The minimum Gasteiger partial charge on any atom is -0.383 e. The average molecular weight is 240 g/mol. The van der Waals surface area contributed by atoms with Gasteiger partial charge in [-0.15, -0.1) is 11.3 Å². The van der Waals surface area contributed by atoms with Gasteiger partial charge in [-0.05, 0) is 25.2 Å². The van der Waals surface area contributed by atoms with E-state index in [0.717, 1.165) is 18.9 Å². The molecule has 1 saturated carbocycles. The van der Waals surface area contributed by atoms with Gasteiger partial charge < -0.3 is 10.1 Å². The molecule has 2 atom stereocenters. The number of nitrogens with zero attached hydrogens (tertiary/aromatic N) is 1. The molecule has 0 radical (unpaired) electrons. The maximum absolute atomic E-state index is 5.23. The van der Waals surface area contributed by atoms with E-state index in [9.17, 15) is 0 Å². The van der Waals surface area contributed by atoms with Gasteiger partial charge in [-0.25, -0.2) is 4.98 Å². The maximum Gasteiger partial charge on any atom is 0.110 e. The molecule has 0 spiro atoms. The molecule has 0 aromatic carbocycles. The molecule has 1 aliphatic carbocycles. The minimum absolute atomic E-state index is 0.444. The first-order chi connectivity index (χ1) is 7.85. The summed E-state index contributed by atoms with van der Waals surface area (Å²) >= 11 is 1.76. The molecule has 0 aliphatic heterocycles. The second kappa shape index (κ2) is 5.75. The van der Waals surface area contributed by atoms with Crippen LogP contribution in [0.4, 0.5) is 0 Å². The van der Waals surface area contributed by atoms with E-state index in [1.807, 2.05) is 6.20 Å². The highest BCUT2D eigenvalue weighted by Crippen LogP contribution is 2.41. The second-order valence-electron chi connectivity index (χ2n) is 4.41. The number of methoxy groups -OCH3 is 1. The van der Waals surface area contributed by atoms with E-state index in [4.69, 9.17) is 4.74 Å². The number of ether oxygens (including phenoxy) is 1. The molecule has 16 heavy (non-hydrogen) atoms. The summed E-state index contributed by atoms with van der Waals surface area (Å²) in [6.07, 6.45) is 5.66. The van der Waals surface area contributed by atoms with Gasteiger partial charge in [-0.3, -0.25) is 0 Å². The third-order valence-electron chi connectivity index (χ3n) is 3.09. The van der Waals surface area contributed by atoms with Crippen LogP contribution in [0.1, 0.15) is 37.2 Å². The Labute approximate surface area is 101 Å². The van der Waals surface area contributed by atoms with Crippen LogP contribution in [0.5, 0.6) is 0 Å². The Hall–Kier alpha value is -0.450. The average Bonchev–Trinajstić information content (AvgIpc) is 2.99. The Morgan fingerprint density at radius 3 is 2.94 bits per heavy atom. The van der Waals surface area contributed by atoms with Crippen LogP contribution in [-0.4, -0.2) is 24.7 Å². The van der Waals surface area contributed by atoms with Crippen LogP contribution in [0.25, 0.3) is 0 Å². The molecule has 1 aliphatic rings. The lowest BCUT2D eigenvalue weighted by molar-refractivity contribution is 0.156. The summed E-state index contributed by atoms with van der Waals surface area (Å²) in [6, 6.07) is 0.889. The maximum atomic E-state index is 5.23. The molecule has 1 aromatic rings. The molecular weight excluding hydrogens is 220 g/mol. The van der Waals surface area contributed by atoms with Crippen molar-refractivity contribution in [2.75, 3.05) is 13.7 Å². The van der Waals surface area contributed by atoms with E-state index in [1.54, 1.807) is 18.4 Å².